The standard InChI is InChI=1S/C19H19ClN4O2/c1-11-6-4-5-7-15(11)24-18(21)17(12(2)23-24)19(25)22-14-9-8-13(20)10-16(14)26-3/h4-10H,21H2,1-3H3,(H,22,25). The number of rotatable bonds is 4. The second-order valence-electron chi connectivity index (χ2n) is 5.84. The largest absolute Gasteiger partial charge is 0.495 e. The number of benzene rings is 2. The highest BCUT2D eigenvalue weighted by atomic mass is 35.5. The molecule has 0 spiro atoms. The molecule has 1 amide bonds. The van der Waals surface area contributed by atoms with Gasteiger partial charge in [-0.05, 0) is 37.6 Å². The SMILES string of the molecule is COc1cc(Cl)ccc1NC(=O)c1c(C)nn(-c2ccccc2C)c1N. The van der Waals surface area contributed by atoms with Gasteiger partial charge in [0.15, 0.2) is 0 Å². The Morgan fingerprint density at radius 2 is 1.96 bits per heavy atom. The molecule has 0 unspecified atom stereocenters. The first-order valence-electron chi connectivity index (χ1n) is 7.98. The van der Waals surface area contributed by atoms with Gasteiger partial charge in [0.2, 0.25) is 0 Å². The van der Waals surface area contributed by atoms with Gasteiger partial charge in [-0.3, -0.25) is 4.79 Å². The molecular weight excluding hydrogens is 352 g/mol. The average molecular weight is 371 g/mol. The van der Waals surface area contributed by atoms with Crippen molar-refractivity contribution < 1.29 is 9.53 Å². The smallest absolute Gasteiger partial charge is 0.261 e. The van der Waals surface area contributed by atoms with Gasteiger partial charge in [0, 0.05) is 11.1 Å². The summed E-state index contributed by atoms with van der Waals surface area (Å²) in [7, 11) is 1.51. The zero-order valence-corrected chi connectivity index (χ0v) is 15.5. The van der Waals surface area contributed by atoms with Gasteiger partial charge in [0.05, 0.1) is 24.2 Å². The van der Waals surface area contributed by atoms with Gasteiger partial charge in [-0.1, -0.05) is 29.8 Å². The second-order valence-corrected chi connectivity index (χ2v) is 6.28. The van der Waals surface area contributed by atoms with Crippen LogP contribution in [0.3, 0.4) is 0 Å². The van der Waals surface area contributed by atoms with Crippen LogP contribution in [-0.4, -0.2) is 22.8 Å². The van der Waals surface area contributed by atoms with Crippen LogP contribution in [0.4, 0.5) is 11.5 Å². The Morgan fingerprint density at radius 3 is 2.65 bits per heavy atom. The van der Waals surface area contributed by atoms with Crippen molar-refractivity contribution in [2.45, 2.75) is 13.8 Å². The summed E-state index contributed by atoms with van der Waals surface area (Å²) in [6.07, 6.45) is 0. The Kier molecular flexibility index (Phi) is 4.86. The van der Waals surface area contributed by atoms with Crippen molar-refractivity contribution in [2.75, 3.05) is 18.2 Å². The molecule has 3 rings (SSSR count). The number of anilines is 2. The summed E-state index contributed by atoms with van der Waals surface area (Å²) < 4.78 is 6.84. The highest BCUT2D eigenvalue weighted by Crippen LogP contribution is 2.29. The Morgan fingerprint density at radius 1 is 1.23 bits per heavy atom. The minimum Gasteiger partial charge on any atom is -0.495 e. The van der Waals surface area contributed by atoms with Gasteiger partial charge >= 0.3 is 0 Å². The van der Waals surface area contributed by atoms with Crippen LogP contribution < -0.4 is 15.8 Å². The summed E-state index contributed by atoms with van der Waals surface area (Å²) in [5.74, 6) is 0.385. The van der Waals surface area contributed by atoms with Gasteiger partial charge in [-0.15, -0.1) is 0 Å². The molecule has 0 saturated heterocycles. The number of aryl methyl sites for hydroxylation is 2. The van der Waals surface area contributed by atoms with Crippen LogP contribution in [0.1, 0.15) is 21.6 Å². The summed E-state index contributed by atoms with van der Waals surface area (Å²) in [5.41, 5.74) is 9.45. The van der Waals surface area contributed by atoms with Crippen LogP contribution >= 0.6 is 11.6 Å². The van der Waals surface area contributed by atoms with Crippen LogP contribution in [0.15, 0.2) is 42.5 Å². The number of amides is 1. The molecular formula is C19H19ClN4O2. The van der Waals surface area contributed by atoms with E-state index in [1.807, 2.05) is 31.2 Å². The first-order chi connectivity index (χ1) is 12.4. The third kappa shape index (κ3) is 3.23. The van der Waals surface area contributed by atoms with E-state index in [1.165, 1.54) is 7.11 Å². The Labute approximate surface area is 156 Å². The number of carbonyl (C=O) groups is 1. The zero-order chi connectivity index (χ0) is 18.8. The predicted octanol–water partition coefficient (Wildman–Crippen LogP) is 3.99. The third-order valence-electron chi connectivity index (χ3n) is 4.08. The number of hydrogen-bond acceptors (Lipinski definition) is 4. The molecule has 1 aromatic heterocycles. The minimum atomic E-state index is -0.361. The van der Waals surface area contributed by atoms with E-state index < -0.39 is 0 Å². The highest BCUT2D eigenvalue weighted by Gasteiger charge is 2.22. The summed E-state index contributed by atoms with van der Waals surface area (Å²) in [6.45, 7) is 3.71. The van der Waals surface area contributed by atoms with E-state index >= 15 is 0 Å². The van der Waals surface area contributed by atoms with Crippen LogP contribution in [0, 0.1) is 13.8 Å². The summed E-state index contributed by atoms with van der Waals surface area (Å²) >= 11 is 5.96. The van der Waals surface area contributed by atoms with Gasteiger partial charge in [-0.25, -0.2) is 4.68 Å². The number of nitrogen functional groups attached to an aromatic ring is 1. The number of nitrogens with zero attached hydrogens (tertiary/aromatic N) is 2. The molecule has 0 atom stereocenters. The molecule has 26 heavy (non-hydrogen) atoms. The van der Waals surface area contributed by atoms with Crippen molar-refractivity contribution in [3.63, 3.8) is 0 Å². The number of nitrogens with one attached hydrogen (secondary N) is 1. The first-order valence-corrected chi connectivity index (χ1v) is 8.36. The van der Waals surface area contributed by atoms with Gasteiger partial charge in [0.25, 0.3) is 5.91 Å². The second kappa shape index (κ2) is 7.09. The fourth-order valence-corrected chi connectivity index (χ4v) is 2.93. The maximum absolute atomic E-state index is 12.8. The molecule has 3 N–H and O–H groups in total. The van der Waals surface area contributed by atoms with E-state index in [2.05, 4.69) is 10.4 Å². The molecule has 3 aromatic rings. The number of para-hydroxylation sites is 1. The van der Waals surface area contributed by atoms with Gasteiger partial charge < -0.3 is 15.8 Å². The van der Waals surface area contributed by atoms with E-state index in [0.717, 1.165) is 11.3 Å². The summed E-state index contributed by atoms with van der Waals surface area (Å²) in [5, 5.41) is 7.77. The summed E-state index contributed by atoms with van der Waals surface area (Å²) in [6, 6.07) is 12.7. The normalized spacial score (nSPS) is 10.6. The lowest BCUT2D eigenvalue weighted by atomic mass is 10.2. The predicted molar refractivity (Wildman–Crippen MR) is 103 cm³/mol. The number of ether oxygens (including phenoxy) is 1. The fraction of sp³-hybridized carbons (Fsp3) is 0.158. The molecule has 0 aliphatic rings. The lowest BCUT2D eigenvalue weighted by Gasteiger charge is -2.11. The maximum atomic E-state index is 12.8. The molecule has 0 radical (unpaired) electrons. The Hall–Kier alpha value is -2.99. The zero-order valence-electron chi connectivity index (χ0n) is 14.7. The third-order valence-corrected chi connectivity index (χ3v) is 4.31. The topological polar surface area (TPSA) is 82.2 Å². The van der Waals surface area contributed by atoms with Crippen molar-refractivity contribution in [3.05, 3.63) is 64.3 Å². The molecule has 7 heteroatoms. The van der Waals surface area contributed by atoms with E-state index in [-0.39, 0.29) is 11.7 Å². The highest BCUT2D eigenvalue weighted by molar-refractivity contribution is 6.30. The molecule has 0 aliphatic heterocycles. The van der Waals surface area contributed by atoms with Crippen LogP contribution in [0.5, 0.6) is 5.75 Å². The van der Waals surface area contributed by atoms with E-state index in [4.69, 9.17) is 22.1 Å². The Balaban J connectivity index is 1.98. The number of aromatic nitrogens is 2. The van der Waals surface area contributed by atoms with Crippen molar-refractivity contribution >= 4 is 29.0 Å². The van der Waals surface area contributed by atoms with Crippen molar-refractivity contribution in [2.24, 2.45) is 0 Å². The quantitative estimate of drug-likeness (QED) is 0.727. The lowest BCUT2D eigenvalue weighted by Crippen LogP contribution is -2.15. The lowest BCUT2D eigenvalue weighted by molar-refractivity contribution is 0.102. The monoisotopic (exact) mass is 370 g/mol. The molecule has 1 heterocycles. The molecule has 134 valence electrons. The number of carbonyl (C=O) groups excluding carboxylic acids is 1. The van der Waals surface area contributed by atoms with Crippen molar-refractivity contribution in [1.82, 2.24) is 9.78 Å². The maximum Gasteiger partial charge on any atom is 0.261 e. The molecule has 2 aromatic carbocycles. The van der Waals surface area contributed by atoms with Crippen LogP contribution in [-0.2, 0) is 0 Å². The molecule has 0 bridgehead atoms. The fourth-order valence-electron chi connectivity index (χ4n) is 2.76. The van der Waals surface area contributed by atoms with Crippen molar-refractivity contribution in [3.8, 4) is 11.4 Å². The molecule has 0 fully saturated rings. The minimum absolute atomic E-state index is 0.280. The summed E-state index contributed by atoms with van der Waals surface area (Å²) in [4.78, 5) is 12.8. The van der Waals surface area contributed by atoms with Crippen LogP contribution in [0.2, 0.25) is 5.02 Å². The molecule has 6 nitrogen and oxygen atoms in total. The number of halogens is 1. The Bertz CT molecular complexity index is 982. The van der Waals surface area contributed by atoms with Gasteiger partial charge in [-0.2, -0.15) is 5.10 Å². The van der Waals surface area contributed by atoms with Crippen LogP contribution in [0.25, 0.3) is 5.69 Å². The van der Waals surface area contributed by atoms with Gasteiger partial charge in [0.1, 0.15) is 17.1 Å². The van der Waals surface area contributed by atoms with E-state index in [1.54, 1.807) is 29.8 Å². The average Bonchev–Trinajstić information content (AvgIpc) is 2.91. The van der Waals surface area contributed by atoms with E-state index in [0.29, 0.717) is 27.7 Å². The number of nitrogens with two attached hydrogens (primary N) is 1. The van der Waals surface area contributed by atoms with Crippen molar-refractivity contribution in [1.29, 1.82) is 0 Å². The number of hydrogen-bond donors (Lipinski definition) is 2. The molecule has 0 saturated carbocycles. The molecule has 0 aliphatic carbocycles. The van der Waals surface area contributed by atoms with E-state index in [9.17, 15) is 4.79 Å². The first kappa shape index (κ1) is 17.8. The number of methoxy groups -OCH3 is 1.